The molecule has 2 rings (SSSR count). The van der Waals surface area contributed by atoms with Crippen LogP contribution in [-0.2, 0) is 0 Å². The van der Waals surface area contributed by atoms with Crippen molar-refractivity contribution in [3.8, 4) is 0 Å². The van der Waals surface area contributed by atoms with Gasteiger partial charge in [0.25, 0.3) is 0 Å². The minimum Gasteiger partial charge on any atom is -0.314 e. The van der Waals surface area contributed by atoms with Gasteiger partial charge in [0.2, 0.25) is 0 Å². The van der Waals surface area contributed by atoms with E-state index in [0.29, 0.717) is 5.54 Å². The number of rotatable bonds is 5. The first-order valence-electron chi connectivity index (χ1n) is 6.31. The van der Waals surface area contributed by atoms with Gasteiger partial charge >= 0.3 is 0 Å². The minimum absolute atomic E-state index is 0.465. The Labute approximate surface area is 98.2 Å². The molecule has 0 spiro atoms. The summed E-state index contributed by atoms with van der Waals surface area (Å²) in [5.74, 6) is 3.53. The lowest BCUT2D eigenvalue weighted by molar-refractivity contribution is 0.0626. The predicted molar refractivity (Wildman–Crippen MR) is 68.6 cm³/mol. The molecule has 1 N–H and O–H groups in total. The van der Waals surface area contributed by atoms with Gasteiger partial charge in [-0.25, -0.2) is 0 Å². The molecule has 0 bridgehead atoms. The first-order chi connectivity index (χ1) is 7.27. The number of piperazine rings is 1. The molecule has 2 fully saturated rings. The van der Waals surface area contributed by atoms with Gasteiger partial charge in [-0.2, -0.15) is 11.8 Å². The zero-order valence-corrected chi connectivity index (χ0v) is 10.9. The SMILES string of the molecule is CCSCCN1CCNCC1(C)C1CC1. The van der Waals surface area contributed by atoms with Crippen LogP contribution in [0.15, 0.2) is 0 Å². The van der Waals surface area contributed by atoms with Crippen molar-refractivity contribution in [2.24, 2.45) is 5.92 Å². The van der Waals surface area contributed by atoms with Gasteiger partial charge in [0.15, 0.2) is 0 Å². The van der Waals surface area contributed by atoms with Gasteiger partial charge in [0.05, 0.1) is 0 Å². The van der Waals surface area contributed by atoms with Crippen LogP contribution in [0.25, 0.3) is 0 Å². The van der Waals surface area contributed by atoms with Gasteiger partial charge in [-0.3, -0.25) is 4.90 Å². The lowest BCUT2D eigenvalue weighted by Gasteiger charge is -2.46. The van der Waals surface area contributed by atoms with Gasteiger partial charge in [0.1, 0.15) is 0 Å². The van der Waals surface area contributed by atoms with Gasteiger partial charge in [-0.05, 0) is 31.4 Å². The summed E-state index contributed by atoms with van der Waals surface area (Å²) < 4.78 is 0. The highest BCUT2D eigenvalue weighted by molar-refractivity contribution is 7.99. The van der Waals surface area contributed by atoms with Crippen LogP contribution in [0.1, 0.15) is 26.7 Å². The van der Waals surface area contributed by atoms with Gasteiger partial charge in [-0.1, -0.05) is 6.92 Å². The summed E-state index contributed by atoms with van der Waals surface area (Å²) in [6.07, 6.45) is 2.91. The molecule has 1 unspecified atom stereocenters. The van der Waals surface area contributed by atoms with Crippen molar-refractivity contribution in [1.82, 2.24) is 10.2 Å². The van der Waals surface area contributed by atoms with E-state index in [1.165, 1.54) is 50.5 Å². The summed E-state index contributed by atoms with van der Waals surface area (Å²) in [4.78, 5) is 2.74. The minimum atomic E-state index is 0.465. The molecule has 0 radical (unpaired) electrons. The van der Waals surface area contributed by atoms with Crippen molar-refractivity contribution in [1.29, 1.82) is 0 Å². The second kappa shape index (κ2) is 5.07. The summed E-state index contributed by atoms with van der Waals surface area (Å²) in [5.41, 5.74) is 0.465. The van der Waals surface area contributed by atoms with E-state index in [-0.39, 0.29) is 0 Å². The number of thioether (sulfide) groups is 1. The second-order valence-electron chi connectivity index (χ2n) is 4.99. The number of nitrogens with one attached hydrogen (secondary N) is 1. The zero-order chi connectivity index (χ0) is 10.7. The maximum absolute atomic E-state index is 3.57. The van der Waals surface area contributed by atoms with Crippen molar-refractivity contribution in [2.45, 2.75) is 32.2 Å². The van der Waals surface area contributed by atoms with E-state index < -0.39 is 0 Å². The molecule has 88 valence electrons. The molecule has 1 saturated carbocycles. The van der Waals surface area contributed by atoms with Crippen LogP contribution < -0.4 is 5.32 Å². The van der Waals surface area contributed by atoms with E-state index >= 15 is 0 Å². The van der Waals surface area contributed by atoms with E-state index in [4.69, 9.17) is 0 Å². The van der Waals surface area contributed by atoms with Gasteiger partial charge in [0, 0.05) is 37.5 Å². The molecule has 1 atom stereocenters. The Kier molecular flexibility index (Phi) is 3.97. The lowest BCUT2D eigenvalue weighted by Crippen LogP contribution is -2.61. The molecule has 1 aliphatic carbocycles. The normalized spacial score (nSPS) is 33.2. The van der Waals surface area contributed by atoms with Crippen LogP contribution in [0.2, 0.25) is 0 Å². The van der Waals surface area contributed by atoms with Crippen LogP contribution in [0.4, 0.5) is 0 Å². The molecule has 0 aromatic carbocycles. The number of hydrogen-bond donors (Lipinski definition) is 1. The summed E-state index contributed by atoms with van der Waals surface area (Å²) in [6, 6.07) is 0. The molecule has 2 aliphatic rings. The molecule has 0 aromatic rings. The highest BCUT2D eigenvalue weighted by Gasteiger charge is 2.46. The monoisotopic (exact) mass is 228 g/mol. The quantitative estimate of drug-likeness (QED) is 0.723. The molecular weight excluding hydrogens is 204 g/mol. The van der Waals surface area contributed by atoms with E-state index in [1.807, 2.05) is 0 Å². The molecule has 15 heavy (non-hydrogen) atoms. The van der Waals surface area contributed by atoms with Crippen LogP contribution in [0, 0.1) is 5.92 Å². The Morgan fingerprint density at radius 3 is 2.93 bits per heavy atom. The Morgan fingerprint density at radius 2 is 2.27 bits per heavy atom. The third-order valence-corrected chi connectivity index (χ3v) is 4.81. The molecule has 0 aromatic heterocycles. The fraction of sp³-hybridized carbons (Fsp3) is 1.00. The smallest absolute Gasteiger partial charge is 0.0334 e. The summed E-state index contributed by atoms with van der Waals surface area (Å²) in [6.45, 7) is 9.63. The van der Waals surface area contributed by atoms with Gasteiger partial charge in [-0.15, -0.1) is 0 Å². The topological polar surface area (TPSA) is 15.3 Å². The fourth-order valence-corrected chi connectivity index (χ4v) is 3.35. The first-order valence-corrected chi connectivity index (χ1v) is 7.46. The largest absolute Gasteiger partial charge is 0.314 e. The number of nitrogens with zero attached hydrogens (tertiary/aromatic N) is 1. The highest BCUT2D eigenvalue weighted by atomic mass is 32.2. The maximum atomic E-state index is 3.57. The van der Waals surface area contributed by atoms with Crippen LogP contribution in [-0.4, -0.2) is 48.1 Å². The Balaban J connectivity index is 1.87. The van der Waals surface area contributed by atoms with Gasteiger partial charge < -0.3 is 5.32 Å². The standard InChI is InChI=1S/C12H24N2S/c1-3-15-9-8-14-7-6-13-10-12(14,2)11-4-5-11/h11,13H,3-10H2,1-2H3. The van der Waals surface area contributed by atoms with Crippen LogP contribution >= 0.6 is 11.8 Å². The molecule has 1 saturated heterocycles. The second-order valence-corrected chi connectivity index (χ2v) is 6.39. The third kappa shape index (κ3) is 2.69. The van der Waals surface area contributed by atoms with E-state index in [9.17, 15) is 0 Å². The predicted octanol–water partition coefficient (Wildman–Crippen LogP) is 1.81. The van der Waals surface area contributed by atoms with E-state index in [2.05, 4.69) is 35.8 Å². The average molecular weight is 228 g/mol. The average Bonchev–Trinajstić information content (AvgIpc) is 3.05. The van der Waals surface area contributed by atoms with Crippen molar-refractivity contribution in [3.63, 3.8) is 0 Å². The van der Waals surface area contributed by atoms with E-state index in [1.54, 1.807) is 0 Å². The molecular formula is C12H24N2S. The van der Waals surface area contributed by atoms with Crippen LogP contribution in [0.3, 0.4) is 0 Å². The summed E-state index contributed by atoms with van der Waals surface area (Å²) >= 11 is 2.07. The zero-order valence-electron chi connectivity index (χ0n) is 10.1. The fourth-order valence-electron chi connectivity index (χ4n) is 2.72. The molecule has 1 aliphatic heterocycles. The van der Waals surface area contributed by atoms with Crippen molar-refractivity contribution >= 4 is 11.8 Å². The number of hydrogen-bond acceptors (Lipinski definition) is 3. The highest BCUT2D eigenvalue weighted by Crippen LogP contribution is 2.43. The Bertz CT molecular complexity index is 206. The molecule has 2 nitrogen and oxygen atoms in total. The Morgan fingerprint density at radius 1 is 1.47 bits per heavy atom. The maximum Gasteiger partial charge on any atom is 0.0334 e. The van der Waals surface area contributed by atoms with Crippen molar-refractivity contribution in [2.75, 3.05) is 37.7 Å². The Hall–Kier alpha value is 0.270. The van der Waals surface area contributed by atoms with Crippen molar-refractivity contribution < 1.29 is 0 Å². The third-order valence-electron chi connectivity index (χ3n) is 3.93. The van der Waals surface area contributed by atoms with Crippen molar-refractivity contribution in [3.05, 3.63) is 0 Å². The lowest BCUT2D eigenvalue weighted by atomic mass is 9.91. The summed E-state index contributed by atoms with van der Waals surface area (Å²) in [5, 5.41) is 3.57. The molecule has 0 amide bonds. The molecule has 1 heterocycles. The molecule has 3 heteroatoms. The van der Waals surface area contributed by atoms with Crippen LogP contribution in [0.5, 0.6) is 0 Å². The van der Waals surface area contributed by atoms with E-state index in [0.717, 1.165) is 5.92 Å². The first kappa shape index (κ1) is 11.7. The summed E-state index contributed by atoms with van der Waals surface area (Å²) in [7, 11) is 0.